The lowest BCUT2D eigenvalue weighted by atomic mass is 10.1. The Balaban J connectivity index is 2.42. The SMILES string of the molecule is CCCn1c(=O)c(-c2cc[nH]n2)cc2c(C)nc(N)nc21. The Morgan fingerprint density at radius 2 is 2.19 bits per heavy atom. The lowest BCUT2D eigenvalue weighted by molar-refractivity contribution is 0.672. The Morgan fingerprint density at radius 1 is 1.38 bits per heavy atom. The van der Waals surface area contributed by atoms with Crippen molar-refractivity contribution in [3.8, 4) is 11.3 Å². The van der Waals surface area contributed by atoms with Gasteiger partial charge in [-0.15, -0.1) is 0 Å². The topological polar surface area (TPSA) is 102 Å². The molecule has 7 nitrogen and oxygen atoms in total. The number of rotatable bonds is 3. The molecule has 0 bridgehead atoms. The third-order valence-electron chi connectivity index (χ3n) is 3.38. The molecule has 0 spiro atoms. The Bertz CT molecular complexity index is 850. The monoisotopic (exact) mass is 284 g/mol. The normalized spacial score (nSPS) is 11.1. The highest BCUT2D eigenvalue weighted by Gasteiger charge is 2.15. The number of aromatic nitrogens is 5. The first kappa shape index (κ1) is 13.3. The highest BCUT2D eigenvalue weighted by Crippen LogP contribution is 2.21. The fraction of sp³-hybridized carbons (Fsp3) is 0.286. The molecule has 0 unspecified atom stereocenters. The van der Waals surface area contributed by atoms with Gasteiger partial charge in [-0.25, -0.2) is 4.98 Å². The average Bonchev–Trinajstić information content (AvgIpc) is 2.96. The molecule has 3 heterocycles. The Labute approximate surface area is 120 Å². The molecule has 0 radical (unpaired) electrons. The van der Waals surface area contributed by atoms with E-state index in [0.717, 1.165) is 17.5 Å². The summed E-state index contributed by atoms with van der Waals surface area (Å²) in [5, 5.41) is 7.64. The molecule has 0 saturated heterocycles. The van der Waals surface area contributed by atoms with Crippen LogP contribution >= 0.6 is 0 Å². The number of hydrogen-bond donors (Lipinski definition) is 2. The zero-order valence-corrected chi connectivity index (χ0v) is 11.9. The average molecular weight is 284 g/mol. The molecule has 3 N–H and O–H groups in total. The largest absolute Gasteiger partial charge is 0.368 e. The van der Waals surface area contributed by atoms with E-state index in [0.29, 0.717) is 23.4 Å². The summed E-state index contributed by atoms with van der Waals surface area (Å²) < 4.78 is 1.64. The van der Waals surface area contributed by atoms with Crippen LogP contribution in [0.3, 0.4) is 0 Å². The van der Waals surface area contributed by atoms with Crippen molar-refractivity contribution in [1.29, 1.82) is 0 Å². The quantitative estimate of drug-likeness (QED) is 0.758. The molecule has 0 aliphatic carbocycles. The number of nitrogens with one attached hydrogen (secondary N) is 1. The second kappa shape index (κ2) is 5.01. The molecule has 0 aliphatic heterocycles. The zero-order chi connectivity index (χ0) is 15.0. The number of hydrogen-bond acceptors (Lipinski definition) is 5. The van der Waals surface area contributed by atoms with Crippen molar-refractivity contribution < 1.29 is 0 Å². The van der Waals surface area contributed by atoms with Crippen molar-refractivity contribution in [3.63, 3.8) is 0 Å². The van der Waals surface area contributed by atoms with Crippen LogP contribution in [-0.2, 0) is 6.54 Å². The third kappa shape index (κ3) is 2.16. The van der Waals surface area contributed by atoms with Crippen LogP contribution < -0.4 is 11.3 Å². The van der Waals surface area contributed by atoms with Crippen LogP contribution in [0.2, 0.25) is 0 Å². The molecule has 0 aliphatic rings. The number of fused-ring (bicyclic) bond motifs is 1. The molecule has 3 rings (SSSR count). The van der Waals surface area contributed by atoms with E-state index in [1.807, 2.05) is 13.8 Å². The Hall–Kier alpha value is -2.70. The summed E-state index contributed by atoms with van der Waals surface area (Å²) in [5.74, 6) is 0.178. The predicted molar refractivity (Wildman–Crippen MR) is 80.8 cm³/mol. The second-order valence-corrected chi connectivity index (χ2v) is 4.88. The fourth-order valence-electron chi connectivity index (χ4n) is 2.43. The highest BCUT2D eigenvalue weighted by molar-refractivity contribution is 5.83. The van der Waals surface area contributed by atoms with E-state index in [9.17, 15) is 4.79 Å². The first-order valence-corrected chi connectivity index (χ1v) is 6.79. The van der Waals surface area contributed by atoms with E-state index in [-0.39, 0.29) is 11.5 Å². The number of aromatic amines is 1. The van der Waals surface area contributed by atoms with Gasteiger partial charge in [0.1, 0.15) is 5.65 Å². The van der Waals surface area contributed by atoms with Crippen LogP contribution in [0, 0.1) is 6.92 Å². The molecule has 0 aromatic carbocycles. The minimum atomic E-state index is -0.117. The third-order valence-corrected chi connectivity index (χ3v) is 3.38. The summed E-state index contributed by atoms with van der Waals surface area (Å²) in [7, 11) is 0. The van der Waals surface area contributed by atoms with Gasteiger partial charge in [0.05, 0.1) is 17.0 Å². The summed E-state index contributed by atoms with van der Waals surface area (Å²) >= 11 is 0. The van der Waals surface area contributed by atoms with Gasteiger partial charge in [0, 0.05) is 18.1 Å². The molecule has 108 valence electrons. The molecule has 21 heavy (non-hydrogen) atoms. The summed E-state index contributed by atoms with van der Waals surface area (Å²) in [6, 6.07) is 3.56. The molecule has 3 aromatic rings. The maximum absolute atomic E-state index is 12.7. The summed E-state index contributed by atoms with van der Waals surface area (Å²) in [5.41, 5.74) is 8.07. The van der Waals surface area contributed by atoms with Crippen molar-refractivity contribution in [3.05, 3.63) is 34.4 Å². The van der Waals surface area contributed by atoms with Crippen molar-refractivity contribution >= 4 is 17.0 Å². The number of anilines is 1. The first-order chi connectivity index (χ1) is 10.1. The molecule has 0 atom stereocenters. The van der Waals surface area contributed by atoms with Gasteiger partial charge in [0.25, 0.3) is 5.56 Å². The van der Waals surface area contributed by atoms with E-state index >= 15 is 0 Å². The van der Waals surface area contributed by atoms with Gasteiger partial charge in [0.2, 0.25) is 5.95 Å². The summed E-state index contributed by atoms with van der Waals surface area (Å²) in [6.07, 6.45) is 2.51. The van der Waals surface area contributed by atoms with Crippen LogP contribution in [0.4, 0.5) is 5.95 Å². The smallest absolute Gasteiger partial charge is 0.261 e. The van der Waals surface area contributed by atoms with E-state index in [4.69, 9.17) is 5.73 Å². The standard InChI is InChI=1S/C14H16N6O/c1-3-6-20-12-9(8(2)17-14(15)18-12)7-10(13(20)21)11-4-5-16-19-11/h4-5,7H,3,6H2,1-2H3,(H,16,19)(H2,15,17,18). The molecule has 3 aromatic heterocycles. The lowest BCUT2D eigenvalue weighted by Crippen LogP contribution is -2.23. The van der Waals surface area contributed by atoms with E-state index in [1.165, 1.54) is 0 Å². The molecule has 0 saturated carbocycles. The maximum atomic E-state index is 12.7. The molecule has 7 heteroatoms. The van der Waals surface area contributed by atoms with Gasteiger partial charge in [-0.1, -0.05) is 6.92 Å². The van der Waals surface area contributed by atoms with Gasteiger partial charge in [-0.3, -0.25) is 14.5 Å². The molecule has 0 fully saturated rings. The van der Waals surface area contributed by atoms with Gasteiger partial charge < -0.3 is 5.73 Å². The lowest BCUT2D eigenvalue weighted by Gasteiger charge is -2.12. The maximum Gasteiger partial charge on any atom is 0.261 e. The van der Waals surface area contributed by atoms with E-state index < -0.39 is 0 Å². The van der Waals surface area contributed by atoms with E-state index in [1.54, 1.807) is 22.9 Å². The molecular formula is C14H16N6O. The van der Waals surface area contributed by atoms with Gasteiger partial charge in [-0.05, 0) is 25.5 Å². The number of nitrogen functional groups attached to an aromatic ring is 1. The molecule has 0 amide bonds. The van der Waals surface area contributed by atoms with Gasteiger partial charge in [0.15, 0.2) is 0 Å². The molecular weight excluding hydrogens is 268 g/mol. The van der Waals surface area contributed by atoms with Crippen molar-refractivity contribution in [2.24, 2.45) is 0 Å². The Morgan fingerprint density at radius 3 is 2.86 bits per heavy atom. The van der Waals surface area contributed by atoms with Crippen LogP contribution in [0.15, 0.2) is 23.1 Å². The minimum absolute atomic E-state index is 0.117. The predicted octanol–water partition coefficient (Wildman–Crippen LogP) is 1.48. The number of pyridine rings is 1. The summed E-state index contributed by atoms with van der Waals surface area (Å²) in [6.45, 7) is 4.44. The second-order valence-electron chi connectivity index (χ2n) is 4.88. The highest BCUT2D eigenvalue weighted by atomic mass is 16.1. The van der Waals surface area contributed by atoms with Crippen LogP contribution in [0.25, 0.3) is 22.3 Å². The van der Waals surface area contributed by atoms with Crippen LogP contribution in [0.5, 0.6) is 0 Å². The first-order valence-electron chi connectivity index (χ1n) is 6.79. The van der Waals surface area contributed by atoms with Gasteiger partial charge >= 0.3 is 0 Å². The van der Waals surface area contributed by atoms with Gasteiger partial charge in [-0.2, -0.15) is 10.1 Å². The van der Waals surface area contributed by atoms with Crippen molar-refractivity contribution in [2.45, 2.75) is 26.8 Å². The number of aryl methyl sites for hydroxylation is 2. The van der Waals surface area contributed by atoms with Crippen molar-refractivity contribution in [1.82, 2.24) is 24.7 Å². The number of nitrogens with zero attached hydrogens (tertiary/aromatic N) is 4. The van der Waals surface area contributed by atoms with Crippen LogP contribution in [0.1, 0.15) is 19.0 Å². The van der Waals surface area contributed by atoms with E-state index in [2.05, 4.69) is 20.2 Å². The Kier molecular flexibility index (Phi) is 3.17. The summed E-state index contributed by atoms with van der Waals surface area (Å²) in [4.78, 5) is 21.1. The minimum Gasteiger partial charge on any atom is -0.368 e. The van der Waals surface area contributed by atoms with Crippen LogP contribution in [-0.4, -0.2) is 24.7 Å². The number of H-pyrrole nitrogens is 1. The number of nitrogens with two attached hydrogens (primary N) is 1. The zero-order valence-electron chi connectivity index (χ0n) is 11.9. The van der Waals surface area contributed by atoms with Crippen molar-refractivity contribution in [2.75, 3.05) is 5.73 Å². The fourth-order valence-corrected chi connectivity index (χ4v) is 2.43.